The van der Waals surface area contributed by atoms with Gasteiger partial charge in [0.15, 0.2) is 0 Å². The van der Waals surface area contributed by atoms with Crippen molar-refractivity contribution < 1.29 is 18.8 Å². The maximum absolute atomic E-state index is 6.36. The summed E-state index contributed by atoms with van der Waals surface area (Å²) in [5.41, 5.74) is 6.33. The first kappa shape index (κ1) is 16.1. The molecular formula is C15H24BNO4. The molecule has 0 spiro atoms. The number of nitrogens with two attached hydrogens (primary N) is 1. The van der Waals surface area contributed by atoms with Crippen molar-refractivity contribution in [1.29, 1.82) is 0 Å². The van der Waals surface area contributed by atoms with Gasteiger partial charge in [0.2, 0.25) is 0 Å². The highest BCUT2D eigenvalue weighted by atomic mass is 16.7. The predicted octanol–water partition coefficient (Wildman–Crippen LogP) is 2.33. The normalized spacial score (nSPS) is 21.2. The van der Waals surface area contributed by atoms with Crippen molar-refractivity contribution in [3.8, 4) is 11.5 Å². The van der Waals surface area contributed by atoms with E-state index >= 15 is 0 Å². The third-order valence-electron chi connectivity index (χ3n) is 4.36. The Hall–Kier alpha value is -1.24. The molecule has 0 aromatic heterocycles. The fraction of sp³-hybridized carbons (Fsp3) is 0.600. The Morgan fingerprint density at radius 2 is 1.62 bits per heavy atom. The molecule has 2 rings (SSSR count). The molecule has 0 unspecified atom stereocenters. The van der Waals surface area contributed by atoms with E-state index in [1.54, 1.807) is 14.2 Å². The molecule has 0 saturated carbocycles. The van der Waals surface area contributed by atoms with Gasteiger partial charge in [0.25, 0.3) is 0 Å². The second kappa shape index (κ2) is 5.52. The predicted molar refractivity (Wildman–Crippen MR) is 82.6 cm³/mol. The number of rotatable bonds is 4. The van der Waals surface area contributed by atoms with Crippen LogP contribution in [-0.2, 0) is 9.31 Å². The van der Waals surface area contributed by atoms with Crippen molar-refractivity contribution >= 4 is 7.12 Å². The molecule has 116 valence electrons. The summed E-state index contributed by atoms with van der Waals surface area (Å²) in [6.07, 6.45) is 0. The van der Waals surface area contributed by atoms with Crippen LogP contribution in [-0.4, -0.2) is 32.5 Å². The van der Waals surface area contributed by atoms with Gasteiger partial charge in [-0.15, -0.1) is 0 Å². The van der Waals surface area contributed by atoms with Gasteiger partial charge in [-0.1, -0.05) is 0 Å². The van der Waals surface area contributed by atoms with E-state index in [0.717, 1.165) is 11.3 Å². The molecule has 2 N–H and O–H groups in total. The summed E-state index contributed by atoms with van der Waals surface area (Å²) in [5, 5.41) is 0. The Bertz CT molecular complexity index is 502. The first-order valence-corrected chi connectivity index (χ1v) is 7.05. The molecule has 1 aromatic rings. The van der Waals surface area contributed by atoms with E-state index in [1.165, 1.54) is 0 Å². The van der Waals surface area contributed by atoms with Gasteiger partial charge in [0.05, 0.1) is 31.4 Å². The molecular weight excluding hydrogens is 269 g/mol. The second-order valence-electron chi connectivity index (χ2n) is 6.26. The first-order chi connectivity index (χ1) is 9.71. The Kier molecular flexibility index (Phi) is 4.24. The molecule has 1 heterocycles. The average molecular weight is 293 g/mol. The highest BCUT2D eigenvalue weighted by Crippen LogP contribution is 2.41. The van der Waals surface area contributed by atoms with Gasteiger partial charge in [0.1, 0.15) is 11.5 Å². The van der Waals surface area contributed by atoms with Crippen molar-refractivity contribution in [1.82, 2.24) is 0 Å². The Morgan fingerprint density at radius 1 is 1.05 bits per heavy atom. The molecule has 1 aliphatic heterocycles. The van der Waals surface area contributed by atoms with E-state index in [4.69, 9.17) is 24.5 Å². The van der Waals surface area contributed by atoms with Gasteiger partial charge in [-0.2, -0.15) is 0 Å². The lowest BCUT2D eigenvalue weighted by Gasteiger charge is -2.32. The van der Waals surface area contributed by atoms with Crippen LogP contribution in [0.1, 0.15) is 39.2 Å². The van der Waals surface area contributed by atoms with Crippen LogP contribution in [0, 0.1) is 0 Å². The lowest BCUT2D eigenvalue weighted by molar-refractivity contribution is 0.00578. The number of hydrogen-bond acceptors (Lipinski definition) is 5. The third kappa shape index (κ3) is 2.88. The minimum absolute atomic E-state index is 0.415. The molecule has 1 saturated heterocycles. The first-order valence-electron chi connectivity index (χ1n) is 7.05. The minimum atomic E-state index is -0.531. The lowest BCUT2D eigenvalue weighted by atomic mass is 9.74. The van der Waals surface area contributed by atoms with Crippen LogP contribution in [0.4, 0.5) is 0 Å². The zero-order valence-corrected chi connectivity index (χ0v) is 13.6. The molecule has 1 aromatic carbocycles. The molecule has 1 aliphatic rings. The van der Waals surface area contributed by atoms with E-state index in [-0.39, 0.29) is 0 Å². The fourth-order valence-electron chi connectivity index (χ4n) is 2.28. The van der Waals surface area contributed by atoms with Crippen LogP contribution in [0.3, 0.4) is 0 Å². The van der Waals surface area contributed by atoms with Gasteiger partial charge in [0, 0.05) is 5.56 Å². The molecule has 5 nitrogen and oxygen atoms in total. The highest BCUT2D eigenvalue weighted by molar-refractivity contribution is 6.47. The molecule has 6 heteroatoms. The summed E-state index contributed by atoms with van der Waals surface area (Å²) in [5.74, 6) is 0.951. The summed E-state index contributed by atoms with van der Waals surface area (Å²) in [6.45, 7) is 8.01. The third-order valence-corrected chi connectivity index (χ3v) is 4.36. The van der Waals surface area contributed by atoms with Crippen molar-refractivity contribution in [2.45, 2.75) is 44.8 Å². The van der Waals surface area contributed by atoms with E-state index < -0.39 is 24.3 Å². The average Bonchev–Trinajstić information content (AvgIpc) is 2.66. The van der Waals surface area contributed by atoms with Crippen LogP contribution in [0.25, 0.3) is 0 Å². The molecule has 21 heavy (non-hydrogen) atoms. The van der Waals surface area contributed by atoms with Crippen molar-refractivity contribution in [3.05, 3.63) is 23.8 Å². The standard InChI is InChI=1S/C15H24BNO4/c1-14(2)15(3,4)21-16(20-14)13(17)11-9-10(18-5)7-8-12(11)19-6/h7-9,13H,17H2,1-6H3/t13-/m1/s1. The smallest absolute Gasteiger partial charge is 0.480 e. The molecule has 0 amide bonds. The van der Waals surface area contributed by atoms with Crippen molar-refractivity contribution in [2.75, 3.05) is 14.2 Å². The second-order valence-corrected chi connectivity index (χ2v) is 6.26. The fourth-order valence-corrected chi connectivity index (χ4v) is 2.28. The Balaban J connectivity index is 2.31. The van der Waals surface area contributed by atoms with Gasteiger partial charge in [-0.3, -0.25) is 0 Å². The van der Waals surface area contributed by atoms with Gasteiger partial charge in [-0.25, -0.2) is 0 Å². The number of hydrogen-bond donors (Lipinski definition) is 1. The van der Waals surface area contributed by atoms with Gasteiger partial charge in [-0.05, 0) is 45.9 Å². The number of ether oxygens (including phenoxy) is 2. The van der Waals surface area contributed by atoms with Crippen LogP contribution < -0.4 is 15.2 Å². The van der Waals surface area contributed by atoms with E-state index in [0.29, 0.717) is 5.75 Å². The van der Waals surface area contributed by atoms with Crippen LogP contribution >= 0.6 is 0 Å². The summed E-state index contributed by atoms with van der Waals surface area (Å²) >= 11 is 0. The van der Waals surface area contributed by atoms with Crippen LogP contribution in [0.2, 0.25) is 0 Å². The minimum Gasteiger partial charge on any atom is -0.497 e. The summed E-state index contributed by atoms with van der Waals surface area (Å²) in [6, 6.07) is 5.52. The van der Waals surface area contributed by atoms with Crippen molar-refractivity contribution in [2.24, 2.45) is 5.73 Å². The maximum atomic E-state index is 6.36. The summed E-state index contributed by atoms with van der Waals surface area (Å²) in [4.78, 5) is 0. The number of benzene rings is 1. The number of methoxy groups -OCH3 is 2. The monoisotopic (exact) mass is 293 g/mol. The van der Waals surface area contributed by atoms with E-state index in [1.807, 2.05) is 45.9 Å². The lowest BCUT2D eigenvalue weighted by Crippen LogP contribution is -2.41. The zero-order valence-electron chi connectivity index (χ0n) is 13.6. The van der Waals surface area contributed by atoms with E-state index in [2.05, 4.69) is 0 Å². The molecule has 0 radical (unpaired) electrons. The summed E-state index contributed by atoms with van der Waals surface area (Å²) < 4.78 is 22.7. The van der Waals surface area contributed by atoms with Crippen LogP contribution in [0.15, 0.2) is 18.2 Å². The molecule has 1 fully saturated rings. The van der Waals surface area contributed by atoms with Crippen LogP contribution in [0.5, 0.6) is 11.5 Å². The topological polar surface area (TPSA) is 62.9 Å². The van der Waals surface area contributed by atoms with Gasteiger partial charge < -0.3 is 24.5 Å². The van der Waals surface area contributed by atoms with E-state index in [9.17, 15) is 0 Å². The maximum Gasteiger partial charge on any atom is 0.480 e. The molecule has 1 atom stereocenters. The Labute approximate surface area is 126 Å². The Morgan fingerprint density at radius 3 is 2.10 bits per heavy atom. The largest absolute Gasteiger partial charge is 0.497 e. The molecule has 0 aliphatic carbocycles. The summed E-state index contributed by atoms with van der Waals surface area (Å²) in [7, 11) is 2.70. The molecule has 0 bridgehead atoms. The van der Waals surface area contributed by atoms with Gasteiger partial charge >= 0.3 is 7.12 Å². The quantitative estimate of drug-likeness (QED) is 0.863. The zero-order chi connectivity index (χ0) is 15.8. The highest BCUT2D eigenvalue weighted by Gasteiger charge is 2.53. The van der Waals surface area contributed by atoms with Crippen molar-refractivity contribution in [3.63, 3.8) is 0 Å². The SMILES string of the molecule is COc1ccc(OC)c([C@@H](N)B2OC(C)(C)C(C)(C)O2)c1.